The number of nitrogens with zero attached hydrogens (tertiary/aromatic N) is 3. The summed E-state index contributed by atoms with van der Waals surface area (Å²) in [6, 6.07) is 16.1. The van der Waals surface area contributed by atoms with Crippen LogP contribution in [0.3, 0.4) is 0 Å². The largest absolute Gasteiger partial charge is 0.298 e. The summed E-state index contributed by atoms with van der Waals surface area (Å²) >= 11 is 1.41. The van der Waals surface area contributed by atoms with Crippen LogP contribution in [-0.2, 0) is 11.2 Å². The Morgan fingerprint density at radius 1 is 1.16 bits per heavy atom. The fraction of sp³-hybridized carbons (Fsp3) is 0.211. The van der Waals surface area contributed by atoms with E-state index in [2.05, 4.69) is 41.6 Å². The minimum atomic E-state index is -0.344. The molecule has 0 bridgehead atoms. The van der Waals surface area contributed by atoms with Crippen molar-refractivity contribution in [2.45, 2.75) is 19.5 Å². The zero-order valence-corrected chi connectivity index (χ0v) is 14.9. The molecule has 126 valence electrons. The van der Waals surface area contributed by atoms with E-state index in [0.29, 0.717) is 10.9 Å². The van der Waals surface area contributed by atoms with Gasteiger partial charge in [-0.3, -0.25) is 15.1 Å². The molecule has 6 heteroatoms. The SMILES string of the molecule is CCc1ccc([C@@H]2N=c3ccccc3=C3C(=O)NC(SC)=NN32)cc1. The monoisotopic (exact) mass is 350 g/mol. The first-order chi connectivity index (χ1) is 12.2. The van der Waals surface area contributed by atoms with E-state index in [9.17, 15) is 4.79 Å². The Kier molecular flexibility index (Phi) is 4.05. The van der Waals surface area contributed by atoms with Crippen molar-refractivity contribution in [3.63, 3.8) is 0 Å². The van der Waals surface area contributed by atoms with Gasteiger partial charge in [-0.2, -0.15) is 0 Å². The summed E-state index contributed by atoms with van der Waals surface area (Å²) in [4.78, 5) is 17.6. The van der Waals surface area contributed by atoms with Crippen LogP contribution in [0.15, 0.2) is 58.6 Å². The molecule has 0 aliphatic carbocycles. The molecule has 1 N–H and O–H groups in total. The highest BCUT2D eigenvalue weighted by atomic mass is 32.2. The molecule has 0 aromatic heterocycles. The fourth-order valence-electron chi connectivity index (χ4n) is 3.06. The second-order valence-electron chi connectivity index (χ2n) is 5.87. The number of aryl methyl sites for hydroxylation is 1. The van der Waals surface area contributed by atoms with Crippen LogP contribution in [0.25, 0.3) is 5.70 Å². The van der Waals surface area contributed by atoms with Crippen LogP contribution in [0.1, 0.15) is 24.2 Å². The molecule has 0 saturated heterocycles. The highest BCUT2D eigenvalue weighted by Crippen LogP contribution is 2.30. The Labute approximate surface area is 150 Å². The van der Waals surface area contributed by atoms with Crippen molar-refractivity contribution in [2.24, 2.45) is 10.1 Å². The normalized spacial score (nSPS) is 18.7. The number of fused-ring (bicyclic) bond motifs is 2. The first-order valence-corrected chi connectivity index (χ1v) is 9.43. The Morgan fingerprint density at radius 2 is 1.92 bits per heavy atom. The third kappa shape index (κ3) is 2.72. The lowest BCUT2D eigenvalue weighted by atomic mass is 10.1. The van der Waals surface area contributed by atoms with Crippen LogP contribution in [-0.4, -0.2) is 22.3 Å². The number of thioether (sulfide) groups is 1. The number of hydrogen-bond donors (Lipinski definition) is 1. The van der Waals surface area contributed by atoms with E-state index in [0.717, 1.165) is 22.6 Å². The first-order valence-electron chi connectivity index (χ1n) is 8.20. The van der Waals surface area contributed by atoms with Crippen molar-refractivity contribution >= 4 is 28.5 Å². The molecule has 0 radical (unpaired) electrons. The lowest BCUT2D eigenvalue weighted by Gasteiger charge is -2.33. The summed E-state index contributed by atoms with van der Waals surface area (Å²) in [7, 11) is 0. The van der Waals surface area contributed by atoms with E-state index in [1.54, 1.807) is 5.01 Å². The smallest absolute Gasteiger partial charge is 0.276 e. The number of hydrogen-bond acceptors (Lipinski definition) is 5. The standard InChI is InChI=1S/C19H18N4OS/c1-3-12-8-10-13(11-9-12)17-20-15-7-5-4-6-14(15)16-18(24)21-19(25-2)22-23(16)17/h4-11,17H,3H2,1-2H3,(H,21,22,24)/t17-/m1/s1. The number of carbonyl (C=O) groups is 1. The molecule has 1 amide bonds. The number of benzene rings is 2. The zero-order chi connectivity index (χ0) is 17.4. The van der Waals surface area contributed by atoms with Crippen molar-refractivity contribution in [2.75, 3.05) is 6.26 Å². The predicted molar refractivity (Wildman–Crippen MR) is 100 cm³/mol. The summed E-state index contributed by atoms with van der Waals surface area (Å²) in [6.45, 7) is 2.13. The van der Waals surface area contributed by atoms with Gasteiger partial charge in [-0.15, -0.1) is 5.10 Å². The Hall–Kier alpha value is -2.60. The first kappa shape index (κ1) is 15.9. The summed E-state index contributed by atoms with van der Waals surface area (Å²) in [5.74, 6) is -0.142. The lowest BCUT2D eigenvalue weighted by molar-refractivity contribution is -0.116. The van der Waals surface area contributed by atoms with Crippen molar-refractivity contribution in [3.8, 4) is 0 Å². The molecule has 4 rings (SSSR count). The highest BCUT2D eigenvalue weighted by molar-refractivity contribution is 8.13. The Bertz CT molecular complexity index is 981. The van der Waals surface area contributed by atoms with Gasteiger partial charge >= 0.3 is 0 Å². The van der Waals surface area contributed by atoms with E-state index in [1.165, 1.54) is 17.3 Å². The molecule has 0 unspecified atom stereocenters. The van der Waals surface area contributed by atoms with Crippen molar-refractivity contribution in [1.29, 1.82) is 0 Å². The number of carbonyl (C=O) groups excluding carboxylic acids is 1. The number of amidine groups is 1. The molecule has 2 heterocycles. The molecule has 25 heavy (non-hydrogen) atoms. The third-order valence-corrected chi connectivity index (χ3v) is 4.97. The summed E-state index contributed by atoms with van der Waals surface area (Å²) < 4.78 is 0. The maximum atomic E-state index is 12.7. The minimum Gasteiger partial charge on any atom is -0.298 e. The second-order valence-corrected chi connectivity index (χ2v) is 6.67. The zero-order valence-electron chi connectivity index (χ0n) is 14.1. The number of hydrazone groups is 1. The van der Waals surface area contributed by atoms with Crippen LogP contribution < -0.4 is 15.9 Å². The van der Waals surface area contributed by atoms with Gasteiger partial charge in [0.2, 0.25) is 0 Å². The van der Waals surface area contributed by atoms with Gasteiger partial charge < -0.3 is 0 Å². The predicted octanol–water partition coefficient (Wildman–Crippen LogP) is 1.76. The molecule has 5 nitrogen and oxygen atoms in total. The van der Waals surface area contributed by atoms with Gasteiger partial charge in [-0.1, -0.05) is 61.2 Å². The van der Waals surface area contributed by atoms with Crippen molar-refractivity contribution < 1.29 is 4.79 Å². The molecule has 0 saturated carbocycles. The van der Waals surface area contributed by atoms with E-state index < -0.39 is 0 Å². The van der Waals surface area contributed by atoms with E-state index >= 15 is 0 Å². The molecule has 0 spiro atoms. The van der Waals surface area contributed by atoms with Crippen LogP contribution in [0, 0.1) is 0 Å². The average Bonchev–Trinajstić information content (AvgIpc) is 2.67. The lowest BCUT2D eigenvalue weighted by Crippen LogP contribution is -2.50. The number of rotatable bonds is 2. The van der Waals surface area contributed by atoms with Crippen LogP contribution in [0.5, 0.6) is 0 Å². The molecule has 0 fully saturated rings. The van der Waals surface area contributed by atoms with E-state index in [4.69, 9.17) is 4.99 Å². The molecule has 2 aromatic rings. The summed E-state index contributed by atoms with van der Waals surface area (Å²) in [6.07, 6.45) is 2.54. The van der Waals surface area contributed by atoms with Crippen LogP contribution in [0.2, 0.25) is 0 Å². The summed E-state index contributed by atoms with van der Waals surface area (Å²) in [5.41, 5.74) is 2.84. The van der Waals surface area contributed by atoms with Crippen LogP contribution >= 0.6 is 11.8 Å². The van der Waals surface area contributed by atoms with Gasteiger partial charge in [0.25, 0.3) is 5.91 Å². The topological polar surface area (TPSA) is 57.1 Å². The highest BCUT2D eigenvalue weighted by Gasteiger charge is 2.33. The maximum absolute atomic E-state index is 12.7. The van der Waals surface area contributed by atoms with Crippen LogP contribution in [0.4, 0.5) is 0 Å². The minimum absolute atomic E-state index is 0.142. The molecule has 2 aromatic carbocycles. The number of nitrogens with one attached hydrogen (secondary N) is 1. The quantitative estimate of drug-likeness (QED) is 0.898. The number of para-hydroxylation sites is 1. The van der Waals surface area contributed by atoms with E-state index in [-0.39, 0.29) is 12.1 Å². The Morgan fingerprint density at radius 3 is 2.64 bits per heavy atom. The molecule has 2 aliphatic rings. The Balaban J connectivity index is 1.93. The van der Waals surface area contributed by atoms with Gasteiger partial charge in [-0.05, 0) is 29.9 Å². The molecule has 2 aliphatic heterocycles. The molecular weight excluding hydrogens is 332 g/mol. The average molecular weight is 350 g/mol. The third-order valence-electron chi connectivity index (χ3n) is 4.39. The number of amides is 1. The summed E-state index contributed by atoms with van der Waals surface area (Å²) in [5, 5.41) is 11.4. The maximum Gasteiger partial charge on any atom is 0.276 e. The molecule has 1 atom stereocenters. The second kappa shape index (κ2) is 6.37. The fourth-order valence-corrected chi connectivity index (χ4v) is 3.43. The molecular formula is C19H18N4OS. The van der Waals surface area contributed by atoms with Crippen molar-refractivity contribution in [3.05, 3.63) is 70.2 Å². The van der Waals surface area contributed by atoms with Crippen molar-refractivity contribution in [1.82, 2.24) is 10.3 Å². The van der Waals surface area contributed by atoms with Gasteiger partial charge in [0.15, 0.2) is 11.3 Å². The van der Waals surface area contributed by atoms with Gasteiger partial charge in [0.05, 0.1) is 5.36 Å². The van der Waals surface area contributed by atoms with Gasteiger partial charge in [0, 0.05) is 5.22 Å². The van der Waals surface area contributed by atoms with Gasteiger partial charge in [0.1, 0.15) is 5.70 Å². The van der Waals surface area contributed by atoms with E-state index in [1.807, 2.05) is 30.5 Å². The van der Waals surface area contributed by atoms with Gasteiger partial charge in [-0.25, -0.2) is 5.01 Å².